The van der Waals surface area contributed by atoms with Gasteiger partial charge in [-0.25, -0.2) is 4.98 Å². The van der Waals surface area contributed by atoms with Gasteiger partial charge in [0.05, 0.1) is 18.2 Å². The molecule has 0 aliphatic carbocycles. The van der Waals surface area contributed by atoms with Crippen LogP contribution in [0.25, 0.3) is 11.3 Å². The number of carboxylic acids is 1. The standard InChI is InChI=1S/C19H23N3O3S/c1-12-3-5-14(6-4-12)16-11-26-19(20-16)21-17(23)10-22-8-13(2)7-15(9-22)18(24)25/h3-6,11,13,15H,7-10H2,1-2H3,(H,24,25)(H,20,21,23). The van der Waals surface area contributed by atoms with Crippen molar-refractivity contribution in [3.8, 4) is 11.3 Å². The van der Waals surface area contributed by atoms with Gasteiger partial charge >= 0.3 is 5.97 Å². The minimum atomic E-state index is -0.787. The smallest absolute Gasteiger partial charge is 0.307 e. The number of piperidine rings is 1. The van der Waals surface area contributed by atoms with E-state index in [9.17, 15) is 14.7 Å². The topological polar surface area (TPSA) is 82.5 Å². The number of hydrogen-bond acceptors (Lipinski definition) is 5. The van der Waals surface area contributed by atoms with Crippen molar-refractivity contribution in [1.82, 2.24) is 9.88 Å². The summed E-state index contributed by atoms with van der Waals surface area (Å²) >= 11 is 1.39. The molecule has 0 spiro atoms. The summed E-state index contributed by atoms with van der Waals surface area (Å²) in [7, 11) is 0. The van der Waals surface area contributed by atoms with Crippen LogP contribution in [0, 0.1) is 18.8 Å². The summed E-state index contributed by atoms with van der Waals surface area (Å²) in [5.41, 5.74) is 3.04. The molecule has 3 rings (SSSR count). The van der Waals surface area contributed by atoms with E-state index >= 15 is 0 Å². The van der Waals surface area contributed by atoms with Gasteiger partial charge in [-0.2, -0.15) is 0 Å². The predicted molar refractivity (Wildman–Crippen MR) is 102 cm³/mol. The van der Waals surface area contributed by atoms with Gasteiger partial charge in [0.2, 0.25) is 5.91 Å². The van der Waals surface area contributed by atoms with Gasteiger partial charge in [-0.3, -0.25) is 14.5 Å². The number of hydrogen-bond donors (Lipinski definition) is 2. The van der Waals surface area contributed by atoms with Crippen LogP contribution >= 0.6 is 11.3 Å². The third-order valence-electron chi connectivity index (χ3n) is 4.55. The van der Waals surface area contributed by atoms with Crippen LogP contribution in [0.5, 0.6) is 0 Å². The Bertz CT molecular complexity index is 788. The van der Waals surface area contributed by atoms with Crippen molar-refractivity contribution in [2.24, 2.45) is 11.8 Å². The molecule has 2 unspecified atom stereocenters. The molecule has 7 heteroatoms. The first kappa shape index (κ1) is 18.5. The molecule has 0 bridgehead atoms. The highest BCUT2D eigenvalue weighted by molar-refractivity contribution is 7.14. The molecular weight excluding hydrogens is 350 g/mol. The van der Waals surface area contributed by atoms with Crippen LogP contribution in [0.1, 0.15) is 18.9 Å². The number of likely N-dealkylation sites (tertiary alicyclic amines) is 1. The molecule has 2 aromatic rings. The van der Waals surface area contributed by atoms with E-state index in [0.29, 0.717) is 18.1 Å². The van der Waals surface area contributed by atoms with Crippen LogP contribution in [-0.2, 0) is 9.59 Å². The van der Waals surface area contributed by atoms with Gasteiger partial charge in [-0.05, 0) is 19.3 Å². The molecule has 6 nitrogen and oxygen atoms in total. The van der Waals surface area contributed by atoms with E-state index in [-0.39, 0.29) is 18.4 Å². The van der Waals surface area contributed by atoms with E-state index in [2.05, 4.69) is 10.3 Å². The highest BCUT2D eigenvalue weighted by atomic mass is 32.1. The number of aliphatic carboxylic acids is 1. The third kappa shape index (κ3) is 4.68. The van der Waals surface area contributed by atoms with E-state index in [1.54, 1.807) is 0 Å². The number of carbonyl (C=O) groups is 2. The minimum Gasteiger partial charge on any atom is -0.481 e. The summed E-state index contributed by atoms with van der Waals surface area (Å²) in [5.74, 6) is -1.08. The number of nitrogens with one attached hydrogen (secondary N) is 1. The van der Waals surface area contributed by atoms with Crippen molar-refractivity contribution in [3.63, 3.8) is 0 Å². The van der Waals surface area contributed by atoms with Crippen molar-refractivity contribution in [3.05, 3.63) is 35.2 Å². The lowest BCUT2D eigenvalue weighted by Gasteiger charge is -2.33. The molecule has 2 heterocycles. The first-order valence-electron chi connectivity index (χ1n) is 8.68. The zero-order valence-electron chi connectivity index (χ0n) is 14.9. The van der Waals surface area contributed by atoms with Gasteiger partial charge < -0.3 is 10.4 Å². The Morgan fingerprint density at radius 2 is 2.04 bits per heavy atom. The Morgan fingerprint density at radius 1 is 1.31 bits per heavy atom. The third-order valence-corrected chi connectivity index (χ3v) is 5.31. The fourth-order valence-corrected chi connectivity index (χ4v) is 4.06. The molecule has 2 atom stereocenters. The van der Waals surface area contributed by atoms with E-state index in [1.807, 2.05) is 48.4 Å². The Kier molecular flexibility index (Phi) is 5.68. The lowest BCUT2D eigenvalue weighted by Crippen LogP contribution is -2.45. The number of anilines is 1. The van der Waals surface area contributed by atoms with Crippen molar-refractivity contribution < 1.29 is 14.7 Å². The lowest BCUT2D eigenvalue weighted by molar-refractivity contribution is -0.144. The zero-order chi connectivity index (χ0) is 18.7. The largest absolute Gasteiger partial charge is 0.481 e. The zero-order valence-corrected chi connectivity index (χ0v) is 15.8. The van der Waals surface area contributed by atoms with Crippen molar-refractivity contribution >= 4 is 28.3 Å². The summed E-state index contributed by atoms with van der Waals surface area (Å²) in [6.07, 6.45) is 0.667. The van der Waals surface area contributed by atoms with E-state index in [4.69, 9.17) is 0 Å². The summed E-state index contributed by atoms with van der Waals surface area (Å²) < 4.78 is 0. The fourth-order valence-electron chi connectivity index (χ4n) is 3.32. The van der Waals surface area contributed by atoms with Gasteiger partial charge in [0.15, 0.2) is 5.13 Å². The number of rotatable bonds is 5. The maximum atomic E-state index is 12.3. The van der Waals surface area contributed by atoms with Gasteiger partial charge in [0.1, 0.15) is 0 Å². The monoisotopic (exact) mass is 373 g/mol. The average Bonchev–Trinajstić information content (AvgIpc) is 3.03. The number of nitrogens with zero attached hydrogens (tertiary/aromatic N) is 2. The molecule has 1 amide bonds. The van der Waals surface area contributed by atoms with Crippen LogP contribution in [0.15, 0.2) is 29.6 Å². The maximum Gasteiger partial charge on any atom is 0.307 e. The Labute approximate surface area is 156 Å². The van der Waals surface area contributed by atoms with Crippen LogP contribution in [-0.4, -0.2) is 46.5 Å². The molecule has 0 radical (unpaired) electrons. The fraction of sp³-hybridized carbons (Fsp3) is 0.421. The lowest BCUT2D eigenvalue weighted by atomic mass is 9.90. The molecule has 0 saturated carbocycles. The second kappa shape index (κ2) is 7.97. The molecule has 1 aliphatic heterocycles. The molecule has 1 saturated heterocycles. The first-order valence-corrected chi connectivity index (χ1v) is 9.56. The Balaban J connectivity index is 1.58. The molecule has 138 valence electrons. The highest BCUT2D eigenvalue weighted by Gasteiger charge is 2.30. The van der Waals surface area contributed by atoms with E-state index < -0.39 is 11.9 Å². The van der Waals surface area contributed by atoms with Gasteiger partial charge in [0.25, 0.3) is 0 Å². The molecule has 26 heavy (non-hydrogen) atoms. The Hall–Kier alpha value is -2.25. The summed E-state index contributed by atoms with van der Waals surface area (Å²) in [6, 6.07) is 8.08. The van der Waals surface area contributed by atoms with Gasteiger partial charge in [-0.1, -0.05) is 36.8 Å². The van der Waals surface area contributed by atoms with E-state index in [0.717, 1.165) is 17.8 Å². The number of aryl methyl sites for hydroxylation is 1. The SMILES string of the molecule is Cc1ccc(-c2csc(NC(=O)CN3CC(C)CC(C(=O)O)C3)n2)cc1. The first-order chi connectivity index (χ1) is 12.4. The quantitative estimate of drug-likeness (QED) is 0.841. The van der Waals surface area contributed by atoms with Crippen LogP contribution in [0.2, 0.25) is 0 Å². The average molecular weight is 373 g/mol. The molecule has 1 aliphatic rings. The normalized spacial score (nSPS) is 20.7. The van der Waals surface area contributed by atoms with Gasteiger partial charge in [-0.15, -0.1) is 11.3 Å². The summed E-state index contributed by atoms with van der Waals surface area (Å²) in [6.45, 7) is 5.40. The second-order valence-electron chi connectivity index (χ2n) is 7.02. The highest BCUT2D eigenvalue weighted by Crippen LogP contribution is 2.25. The minimum absolute atomic E-state index is 0.159. The number of thiazole rings is 1. The number of benzene rings is 1. The van der Waals surface area contributed by atoms with Crippen molar-refractivity contribution in [2.45, 2.75) is 20.3 Å². The summed E-state index contributed by atoms with van der Waals surface area (Å²) in [4.78, 5) is 30.0. The molecule has 1 aromatic carbocycles. The van der Waals surface area contributed by atoms with E-state index in [1.165, 1.54) is 16.9 Å². The molecular formula is C19H23N3O3S. The van der Waals surface area contributed by atoms with Crippen LogP contribution in [0.4, 0.5) is 5.13 Å². The second-order valence-corrected chi connectivity index (χ2v) is 7.88. The molecule has 2 N–H and O–H groups in total. The van der Waals surface area contributed by atoms with Crippen LogP contribution < -0.4 is 5.32 Å². The number of carboxylic acid groups (broad SMARTS) is 1. The van der Waals surface area contributed by atoms with Gasteiger partial charge in [0, 0.05) is 24.0 Å². The number of amides is 1. The van der Waals surface area contributed by atoms with Crippen molar-refractivity contribution in [1.29, 1.82) is 0 Å². The number of carbonyl (C=O) groups excluding carboxylic acids is 1. The summed E-state index contributed by atoms with van der Waals surface area (Å²) in [5, 5.41) is 14.5. The van der Waals surface area contributed by atoms with Crippen LogP contribution in [0.3, 0.4) is 0 Å². The Morgan fingerprint density at radius 3 is 2.73 bits per heavy atom. The molecule has 1 aromatic heterocycles. The predicted octanol–water partition coefficient (Wildman–Crippen LogP) is 3.10. The maximum absolute atomic E-state index is 12.3. The molecule has 1 fully saturated rings. The van der Waals surface area contributed by atoms with Crippen molar-refractivity contribution in [2.75, 3.05) is 25.0 Å². The number of aromatic nitrogens is 1.